The van der Waals surface area contributed by atoms with E-state index in [0.717, 1.165) is 11.1 Å². The van der Waals surface area contributed by atoms with Gasteiger partial charge in [0, 0.05) is 12.6 Å². The third kappa shape index (κ3) is 5.16. The summed E-state index contributed by atoms with van der Waals surface area (Å²) in [5, 5.41) is 11.8. The van der Waals surface area contributed by atoms with Crippen LogP contribution in [-0.4, -0.2) is 39.0 Å². The lowest BCUT2D eigenvalue weighted by molar-refractivity contribution is 0.272. The maximum atomic E-state index is 12.0. The Kier molecular flexibility index (Phi) is 5.78. The zero-order valence-electron chi connectivity index (χ0n) is 10.9. The number of aliphatic hydroxyl groups excluding tert-OH is 1. The van der Waals surface area contributed by atoms with Gasteiger partial charge in [0.15, 0.2) is 9.84 Å². The zero-order valence-corrected chi connectivity index (χ0v) is 11.7. The van der Waals surface area contributed by atoms with Crippen LogP contribution in [0.15, 0.2) is 24.3 Å². The first kappa shape index (κ1) is 15.1. The van der Waals surface area contributed by atoms with Crippen LogP contribution in [-0.2, 0) is 15.6 Å². The molecule has 2 N–H and O–H groups in total. The summed E-state index contributed by atoms with van der Waals surface area (Å²) in [6, 6.07) is 7.33. The number of aryl methyl sites for hydroxylation is 1. The van der Waals surface area contributed by atoms with Gasteiger partial charge in [0.2, 0.25) is 0 Å². The molecule has 0 aliphatic heterocycles. The van der Waals surface area contributed by atoms with Gasteiger partial charge in [0.05, 0.1) is 11.5 Å². The molecular weight excluding hydrogens is 250 g/mol. The van der Waals surface area contributed by atoms with Gasteiger partial charge in [0.25, 0.3) is 0 Å². The topological polar surface area (TPSA) is 66.4 Å². The number of hydrogen-bond donors (Lipinski definition) is 2. The van der Waals surface area contributed by atoms with Crippen LogP contribution in [0.3, 0.4) is 0 Å². The molecule has 0 spiro atoms. The molecule has 0 bridgehead atoms. The first-order valence-electron chi connectivity index (χ1n) is 6.01. The van der Waals surface area contributed by atoms with E-state index in [1.165, 1.54) is 0 Å². The summed E-state index contributed by atoms with van der Waals surface area (Å²) in [6.07, 6.45) is 0.448. The normalized spacial score (nSPS) is 13.5. The molecule has 0 aliphatic carbocycles. The summed E-state index contributed by atoms with van der Waals surface area (Å²) in [4.78, 5) is 0. The minimum Gasteiger partial charge on any atom is -0.396 e. The molecular formula is C13H21NO3S. The van der Waals surface area contributed by atoms with Crippen molar-refractivity contribution in [2.45, 2.75) is 25.1 Å². The predicted octanol–water partition coefficient (Wildman–Crippen LogP) is 0.880. The second-order valence-electron chi connectivity index (χ2n) is 4.54. The van der Waals surface area contributed by atoms with Crippen LogP contribution < -0.4 is 5.32 Å². The molecule has 5 heteroatoms. The molecule has 1 rings (SSSR count). The third-order valence-electron chi connectivity index (χ3n) is 2.81. The second-order valence-corrected chi connectivity index (χ2v) is 6.65. The molecule has 1 atom stereocenters. The highest BCUT2D eigenvalue weighted by molar-refractivity contribution is 7.90. The fraction of sp³-hybridized carbons (Fsp3) is 0.538. The Hall–Kier alpha value is -0.910. The summed E-state index contributed by atoms with van der Waals surface area (Å²) in [5.74, 6) is 0.107. The Balaban J connectivity index is 2.70. The van der Waals surface area contributed by atoms with Gasteiger partial charge < -0.3 is 10.4 Å². The molecule has 1 aromatic rings. The molecule has 1 aromatic carbocycles. The molecule has 0 heterocycles. The fourth-order valence-corrected chi connectivity index (χ4v) is 3.64. The first-order chi connectivity index (χ1) is 8.46. The average molecular weight is 271 g/mol. The monoisotopic (exact) mass is 271 g/mol. The van der Waals surface area contributed by atoms with Crippen molar-refractivity contribution in [2.24, 2.45) is 0 Å². The highest BCUT2D eigenvalue weighted by Crippen LogP contribution is 2.10. The zero-order chi connectivity index (χ0) is 13.6. The minimum atomic E-state index is -3.16. The third-order valence-corrected chi connectivity index (χ3v) is 4.49. The summed E-state index contributed by atoms with van der Waals surface area (Å²) >= 11 is 0. The number of sulfone groups is 1. The molecule has 0 aromatic heterocycles. The highest BCUT2D eigenvalue weighted by atomic mass is 32.2. The Morgan fingerprint density at radius 1 is 1.39 bits per heavy atom. The molecule has 1 unspecified atom stereocenters. The van der Waals surface area contributed by atoms with Gasteiger partial charge in [-0.25, -0.2) is 8.42 Å². The van der Waals surface area contributed by atoms with Crippen molar-refractivity contribution < 1.29 is 13.5 Å². The van der Waals surface area contributed by atoms with E-state index in [9.17, 15) is 8.42 Å². The number of aliphatic hydroxyl groups is 1. The van der Waals surface area contributed by atoms with Crippen LogP contribution in [0.4, 0.5) is 0 Å². The Morgan fingerprint density at radius 3 is 2.67 bits per heavy atom. The smallest absolute Gasteiger partial charge is 0.155 e. The Bertz CT molecular complexity index is 471. The number of hydrogen-bond acceptors (Lipinski definition) is 4. The van der Waals surface area contributed by atoms with Gasteiger partial charge in [-0.2, -0.15) is 0 Å². The number of nitrogens with one attached hydrogen (secondary N) is 1. The van der Waals surface area contributed by atoms with Crippen molar-refractivity contribution in [1.82, 2.24) is 5.32 Å². The van der Waals surface area contributed by atoms with E-state index in [1.807, 2.05) is 31.2 Å². The van der Waals surface area contributed by atoms with Crippen LogP contribution in [0.1, 0.15) is 17.5 Å². The van der Waals surface area contributed by atoms with Crippen molar-refractivity contribution in [3.05, 3.63) is 35.4 Å². The largest absolute Gasteiger partial charge is 0.396 e. The average Bonchev–Trinajstić information content (AvgIpc) is 2.27. The van der Waals surface area contributed by atoms with Crippen molar-refractivity contribution in [3.8, 4) is 0 Å². The molecule has 102 valence electrons. The van der Waals surface area contributed by atoms with Crippen molar-refractivity contribution in [3.63, 3.8) is 0 Å². The van der Waals surface area contributed by atoms with Crippen LogP contribution in [0, 0.1) is 6.92 Å². The standard InChI is InChI=1S/C13H21NO3S/c1-11-4-3-5-12(8-11)9-18(16,17)10-13(14-2)6-7-15/h3-5,8,13-15H,6-7,9-10H2,1-2H3. The van der Waals surface area contributed by atoms with Gasteiger partial charge in [-0.3, -0.25) is 0 Å². The minimum absolute atomic E-state index is 0.00846. The van der Waals surface area contributed by atoms with Gasteiger partial charge in [0.1, 0.15) is 0 Å². The lowest BCUT2D eigenvalue weighted by Gasteiger charge is -2.15. The van der Waals surface area contributed by atoms with E-state index in [4.69, 9.17) is 5.11 Å². The van der Waals surface area contributed by atoms with Crippen LogP contribution >= 0.6 is 0 Å². The SMILES string of the molecule is CNC(CCO)CS(=O)(=O)Cc1cccc(C)c1. The number of rotatable bonds is 7. The van der Waals surface area contributed by atoms with Crippen LogP contribution in [0.5, 0.6) is 0 Å². The lowest BCUT2D eigenvalue weighted by atomic mass is 10.2. The van der Waals surface area contributed by atoms with Crippen LogP contribution in [0.2, 0.25) is 0 Å². The maximum absolute atomic E-state index is 12.0. The van der Waals surface area contributed by atoms with E-state index in [1.54, 1.807) is 7.05 Å². The van der Waals surface area contributed by atoms with Gasteiger partial charge in [-0.05, 0) is 26.0 Å². The van der Waals surface area contributed by atoms with Gasteiger partial charge in [-0.1, -0.05) is 29.8 Å². The lowest BCUT2D eigenvalue weighted by Crippen LogP contribution is -2.34. The second kappa shape index (κ2) is 6.87. The van der Waals surface area contributed by atoms with Gasteiger partial charge in [-0.15, -0.1) is 0 Å². The summed E-state index contributed by atoms with van der Waals surface area (Å²) in [6.45, 7) is 1.93. The summed E-state index contributed by atoms with van der Waals surface area (Å²) in [5.41, 5.74) is 1.87. The maximum Gasteiger partial charge on any atom is 0.155 e. The molecule has 18 heavy (non-hydrogen) atoms. The quantitative estimate of drug-likeness (QED) is 0.772. The molecule has 0 amide bonds. The Morgan fingerprint density at radius 2 is 2.11 bits per heavy atom. The van der Waals surface area contributed by atoms with E-state index in [2.05, 4.69) is 5.32 Å². The molecule has 0 fully saturated rings. The first-order valence-corrected chi connectivity index (χ1v) is 7.83. The van der Waals surface area contributed by atoms with E-state index in [-0.39, 0.29) is 24.2 Å². The van der Waals surface area contributed by atoms with Crippen molar-refractivity contribution in [2.75, 3.05) is 19.4 Å². The molecule has 0 saturated carbocycles. The van der Waals surface area contributed by atoms with E-state index in [0.29, 0.717) is 6.42 Å². The molecule has 0 saturated heterocycles. The van der Waals surface area contributed by atoms with Crippen LogP contribution in [0.25, 0.3) is 0 Å². The molecule has 0 aliphatic rings. The van der Waals surface area contributed by atoms with E-state index < -0.39 is 9.84 Å². The highest BCUT2D eigenvalue weighted by Gasteiger charge is 2.18. The summed E-state index contributed by atoms with van der Waals surface area (Å²) < 4.78 is 24.1. The summed E-state index contributed by atoms with van der Waals surface area (Å²) in [7, 11) is -1.45. The van der Waals surface area contributed by atoms with E-state index >= 15 is 0 Å². The molecule has 4 nitrogen and oxygen atoms in total. The van der Waals surface area contributed by atoms with Crippen molar-refractivity contribution in [1.29, 1.82) is 0 Å². The van der Waals surface area contributed by atoms with Crippen molar-refractivity contribution >= 4 is 9.84 Å². The Labute approximate surface area is 109 Å². The fourth-order valence-electron chi connectivity index (χ4n) is 1.89. The molecule has 0 radical (unpaired) electrons. The van der Waals surface area contributed by atoms with Gasteiger partial charge >= 0.3 is 0 Å². The number of benzene rings is 1. The predicted molar refractivity (Wildman–Crippen MR) is 73.2 cm³/mol.